The Morgan fingerprint density at radius 3 is 2.22 bits per heavy atom. The number of rotatable bonds is 9. The highest BCUT2D eigenvalue weighted by molar-refractivity contribution is 4.75. The smallest absolute Gasteiger partial charge is 0.180 e. The minimum Gasteiger partial charge on any atom is -0.376 e. The standard InChI is InChI=1S/C14H29NO3/c1-3-17-14(18-4-2)11-16-10-13-8-6-5-7-12(13)9-15/h12-14H,3-11,15H2,1-2H3. The summed E-state index contributed by atoms with van der Waals surface area (Å²) < 4.78 is 16.7. The van der Waals surface area contributed by atoms with Crippen LogP contribution in [0.1, 0.15) is 39.5 Å². The van der Waals surface area contributed by atoms with Crippen LogP contribution in [0, 0.1) is 11.8 Å². The van der Waals surface area contributed by atoms with Gasteiger partial charge in [-0.3, -0.25) is 0 Å². The van der Waals surface area contributed by atoms with Gasteiger partial charge in [-0.2, -0.15) is 0 Å². The van der Waals surface area contributed by atoms with Crippen LogP contribution in [0.15, 0.2) is 0 Å². The van der Waals surface area contributed by atoms with Crippen molar-refractivity contribution in [2.45, 2.75) is 45.8 Å². The van der Waals surface area contributed by atoms with E-state index in [1.807, 2.05) is 13.8 Å². The van der Waals surface area contributed by atoms with Crippen molar-refractivity contribution in [1.29, 1.82) is 0 Å². The van der Waals surface area contributed by atoms with Gasteiger partial charge >= 0.3 is 0 Å². The van der Waals surface area contributed by atoms with Crippen molar-refractivity contribution in [1.82, 2.24) is 0 Å². The molecule has 108 valence electrons. The number of hydrogen-bond donors (Lipinski definition) is 1. The molecule has 1 aliphatic rings. The van der Waals surface area contributed by atoms with E-state index < -0.39 is 0 Å². The summed E-state index contributed by atoms with van der Waals surface area (Å²) in [5.41, 5.74) is 5.82. The van der Waals surface area contributed by atoms with Gasteiger partial charge in [0.25, 0.3) is 0 Å². The van der Waals surface area contributed by atoms with E-state index in [4.69, 9.17) is 19.9 Å². The third-order valence-corrected chi connectivity index (χ3v) is 3.66. The van der Waals surface area contributed by atoms with E-state index >= 15 is 0 Å². The average Bonchev–Trinajstić information content (AvgIpc) is 2.40. The van der Waals surface area contributed by atoms with Crippen molar-refractivity contribution >= 4 is 0 Å². The Labute approximate surface area is 111 Å². The highest BCUT2D eigenvalue weighted by Crippen LogP contribution is 2.29. The van der Waals surface area contributed by atoms with Gasteiger partial charge in [-0.1, -0.05) is 12.8 Å². The Kier molecular flexibility index (Phi) is 8.59. The summed E-state index contributed by atoms with van der Waals surface area (Å²) in [6, 6.07) is 0. The van der Waals surface area contributed by atoms with Crippen molar-refractivity contribution in [3.05, 3.63) is 0 Å². The maximum absolute atomic E-state index is 5.82. The monoisotopic (exact) mass is 259 g/mol. The molecule has 0 radical (unpaired) electrons. The molecule has 0 aromatic heterocycles. The molecule has 0 bridgehead atoms. The van der Waals surface area contributed by atoms with Crippen molar-refractivity contribution in [2.24, 2.45) is 17.6 Å². The predicted octanol–water partition coefficient (Wildman–Crippen LogP) is 2.17. The van der Waals surface area contributed by atoms with Crippen molar-refractivity contribution < 1.29 is 14.2 Å². The number of ether oxygens (including phenoxy) is 3. The van der Waals surface area contributed by atoms with Gasteiger partial charge in [-0.15, -0.1) is 0 Å². The Morgan fingerprint density at radius 1 is 1.06 bits per heavy atom. The topological polar surface area (TPSA) is 53.7 Å². The van der Waals surface area contributed by atoms with Crippen LogP contribution in [0.25, 0.3) is 0 Å². The van der Waals surface area contributed by atoms with Gasteiger partial charge in [0.1, 0.15) is 0 Å². The molecule has 4 heteroatoms. The van der Waals surface area contributed by atoms with Gasteiger partial charge < -0.3 is 19.9 Å². The van der Waals surface area contributed by atoms with E-state index in [1.54, 1.807) is 0 Å². The zero-order chi connectivity index (χ0) is 13.2. The maximum Gasteiger partial charge on any atom is 0.180 e. The van der Waals surface area contributed by atoms with E-state index in [0.29, 0.717) is 31.7 Å². The fraction of sp³-hybridized carbons (Fsp3) is 1.00. The minimum absolute atomic E-state index is 0.222. The molecule has 1 saturated carbocycles. The Hall–Kier alpha value is -0.160. The maximum atomic E-state index is 5.82. The first kappa shape index (κ1) is 15.9. The molecule has 1 fully saturated rings. The zero-order valence-electron chi connectivity index (χ0n) is 11.9. The van der Waals surface area contributed by atoms with E-state index in [-0.39, 0.29) is 6.29 Å². The minimum atomic E-state index is -0.222. The molecule has 18 heavy (non-hydrogen) atoms. The van der Waals surface area contributed by atoms with Crippen molar-refractivity contribution in [3.63, 3.8) is 0 Å². The average molecular weight is 259 g/mol. The summed E-state index contributed by atoms with van der Waals surface area (Å²) in [7, 11) is 0. The van der Waals surface area contributed by atoms with Gasteiger partial charge in [-0.25, -0.2) is 0 Å². The molecule has 2 atom stereocenters. The SMILES string of the molecule is CCOC(COCC1CCCCC1CN)OCC. The lowest BCUT2D eigenvalue weighted by molar-refractivity contribution is -0.170. The van der Waals surface area contributed by atoms with Crippen LogP contribution in [0.3, 0.4) is 0 Å². The summed E-state index contributed by atoms with van der Waals surface area (Å²) in [4.78, 5) is 0. The molecule has 2 unspecified atom stereocenters. The molecule has 1 rings (SSSR count). The van der Waals surface area contributed by atoms with Crippen LogP contribution in [0.2, 0.25) is 0 Å². The zero-order valence-corrected chi connectivity index (χ0v) is 11.9. The molecule has 0 spiro atoms. The molecular weight excluding hydrogens is 230 g/mol. The second-order valence-corrected chi connectivity index (χ2v) is 4.92. The van der Waals surface area contributed by atoms with Crippen LogP contribution < -0.4 is 5.73 Å². The third kappa shape index (κ3) is 5.65. The van der Waals surface area contributed by atoms with Crippen LogP contribution in [-0.2, 0) is 14.2 Å². The lowest BCUT2D eigenvalue weighted by Crippen LogP contribution is -2.31. The summed E-state index contributed by atoms with van der Waals surface area (Å²) >= 11 is 0. The fourth-order valence-electron chi connectivity index (χ4n) is 2.65. The van der Waals surface area contributed by atoms with Gasteiger partial charge in [0.05, 0.1) is 6.61 Å². The first-order valence-electron chi connectivity index (χ1n) is 7.32. The van der Waals surface area contributed by atoms with Gasteiger partial charge in [0.15, 0.2) is 6.29 Å². The highest BCUT2D eigenvalue weighted by atomic mass is 16.7. The van der Waals surface area contributed by atoms with Gasteiger partial charge in [-0.05, 0) is 45.1 Å². The summed E-state index contributed by atoms with van der Waals surface area (Å²) in [6.07, 6.45) is 4.91. The molecular formula is C14H29NO3. The Morgan fingerprint density at radius 2 is 1.67 bits per heavy atom. The molecule has 1 aliphatic carbocycles. The van der Waals surface area contributed by atoms with Crippen LogP contribution in [0.5, 0.6) is 0 Å². The van der Waals surface area contributed by atoms with E-state index in [1.165, 1.54) is 25.7 Å². The molecule has 2 N–H and O–H groups in total. The van der Waals surface area contributed by atoms with Crippen molar-refractivity contribution in [3.8, 4) is 0 Å². The first-order valence-corrected chi connectivity index (χ1v) is 7.32. The molecule has 4 nitrogen and oxygen atoms in total. The normalized spacial score (nSPS) is 24.7. The van der Waals surface area contributed by atoms with Crippen LogP contribution >= 0.6 is 0 Å². The lowest BCUT2D eigenvalue weighted by atomic mass is 9.80. The van der Waals surface area contributed by atoms with Crippen LogP contribution in [0.4, 0.5) is 0 Å². The van der Waals surface area contributed by atoms with E-state index in [9.17, 15) is 0 Å². The molecule has 0 saturated heterocycles. The number of nitrogens with two attached hydrogens (primary N) is 1. The largest absolute Gasteiger partial charge is 0.376 e. The highest BCUT2D eigenvalue weighted by Gasteiger charge is 2.24. The quantitative estimate of drug-likeness (QED) is 0.645. The number of hydrogen-bond acceptors (Lipinski definition) is 4. The first-order chi connectivity index (χ1) is 8.81. The molecule has 0 aliphatic heterocycles. The molecule has 0 aromatic carbocycles. The molecule has 0 amide bonds. The van der Waals surface area contributed by atoms with Gasteiger partial charge in [0.2, 0.25) is 0 Å². The second kappa shape index (κ2) is 9.73. The second-order valence-electron chi connectivity index (χ2n) is 4.92. The summed E-state index contributed by atoms with van der Waals surface area (Å²) in [5.74, 6) is 1.25. The summed E-state index contributed by atoms with van der Waals surface area (Å²) in [5, 5.41) is 0. The Balaban J connectivity index is 2.21. The lowest BCUT2D eigenvalue weighted by Gasteiger charge is -2.30. The van der Waals surface area contributed by atoms with Crippen molar-refractivity contribution in [2.75, 3.05) is 33.0 Å². The van der Waals surface area contributed by atoms with Crippen LogP contribution in [-0.4, -0.2) is 39.3 Å². The third-order valence-electron chi connectivity index (χ3n) is 3.66. The summed E-state index contributed by atoms with van der Waals surface area (Å²) in [6.45, 7) is 7.35. The molecule has 0 heterocycles. The van der Waals surface area contributed by atoms with E-state index in [2.05, 4.69) is 0 Å². The molecule has 0 aromatic rings. The van der Waals surface area contributed by atoms with Gasteiger partial charge in [0, 0.05) is 19.8 Å². The van der Waals surface area contributed by atoms with E-state index in [0.717, 1.165) is 13.2 Å². The Bertz CT molecular complexity index is 195. The fourth-order valence-corrected chi connectivity index (χ4v) is 2.65. The predicted molar refractivity (Wildman–Crippen MR) is 72.4 cm³/mol.